The Labute approximate surface area is 122 Å². The second kappa shape index (κ2) is 6.15. The molecule has 110 valence electrons. The van der Waals surface area contributed by atoms with Crippen LogP contribution in [0, 0.1) is 5.92 Å². The lowest BCUT2D eigenvalue weighted by molar-refractivity contribution is 0.122. The van der Waals surface area contributed by atoms with Crippen molar-refractivity contribution >= 4 is 0 Å². The molecular formula is C17H26N2O. The van der Waals surface area contributed by atoms with Gasteiger partial charge in [0.05, 0.1) is 7.11 Å². The van der Waals surface area contributed by atoms with Gasteiger partial charge in [0.15, 0.2) is 0 Å². The van der Waals surface area contributed by atoms with E-state index in [1.54, 1.807) is 7.11 Å². The molecule has 1 aliphatic heterocycles. The Morgan fingerprint density at radius 1 is 1.25 bits per heavy atom. The first-order chi connectivity index (χ1) is 9.81. The number of piperidine rings is 1. The largest absolute Gasteiger partial charge is 0.497 e. The Morgan fingerprint density at radius 3 is 2.75 bits per heavy atom. The van der Waals surface area contributed by atoms with E-state index in [0.717, 1.165) is 18.2 Å². The summed E-state index contributed by atoms with van der Waals surface area (Å²) in [5, 5.41) is 0. The minimum atomic E-state index is 0.590. The quantitative estimate of drug-likeness (QED) is 0.921. The van der Waals surface area contributed by atoms with Crippen molar-refractivity contribution in [1.29, 1.82) is 0 Å². The molecule has 1 unspecified atom stereocenters. The summed E-state index contributed by atoms with van der Waals surface area (Å²) in [7, 11) is 1.76. The van der Waals surface area contributed by atoms with Crippen LogP contribution < -0.4 is 10.5 Å². The van der Waals surface area contributed by atoms with E-state index in [0.29, 0.717) is 6.04 Å². The van der Waals surface area contributed by atoms with Crippen LogP contribution in [0.5, 0.6) is 5.75 Å². The molecule has 0 bridgehead atoms. The van der Waals surface area contributed by atoms with Gasteiger partial charge in [-0.25, -0.2) is 0 Å². The van der Waals surface area contributed by atoms with E-state index in [-0.39, 0.29) is 0 Å². The topological polar surface area (TPSA) is 38.5 Å². The molecular weight excluding hydrogens is 248 g/mol. The fraction of sp³-hybridized carbons (Fsp3) is 0.647. The molecule has 0 amide bonds. The third-order valence-corrected chi connectivity index (χ3v) is 5.06. The molecule has 1 aliphatic carbocycles. The number of nitrogens with zero attached hydrogens (tertiary/aromatic N) is 1. The first-order valence-corrected chi connectivity index (χ1v) is 7.92. The Morgan fingerprint density at radius 2 is 2.05 bits per heavy atom. The standard InChI is InChI=1S/C17H26N2O/c1-20-15-6-5-14-3-2-4-17(16(14)11-15)19-9-7-13(12-18)8-10-19/h5-6,11,13,17H,2-4,7-10,12,18H2,1H3. The van der Waals surface area contributed by atoms with Gasteiger partial charge < -0.3 is 10.5 Å². The number of likely N-dealkylation sites (tertiary alicyclic amines) is 1. The van der Waals surface area contributed by atoms with Gasteiger partial charge in [-0.05, 0) is 80.9 Å². The molecule has 0 saturated carbocycles. The number of rotatable bonds is 3. The van der Waals surface area contributed by atoms with Crippen LogP contribution in [0.3, 0.4) is 0 Å². The number of benzene rings is 1. The van der Waals surface area contributed by atoms with E-state index < -0.39 is 0 Å². The second-order valence-electron chi connectivity index (χ2n) is 6.19. The number of hydrogen-bond acceptors (Lipinski definition) is 3. The molecule has 3 nitrogen and oxygen atoms in total. The number of nitrogens with two attached hydrogens (primary N) is 1. The van der Waals surface area contributed by atoms with E-state index in [4.69, 9.17) is 10.5 Å². The highest BCUT2D eigenvalue weighted by Crippen LogP contribution is 2.38. The van der Waals surface area contributed by atoms with Crippen LogP contribution in [0.2, 0.25) is 0 Å². The van der Waals surface area contributed by atoms with Gasteiger partial charge in [-0.3, -0.25) is 4.90 Å². The summed E-state index contributed by atoms with van der Waals surface area (Å²) in [6, 6.07) is 7.20. The summed E-state index contributed by atoms with van der Waals surface area (Å²) in [4.78, 5) is 2.67. The first kappa shape index (κ1) is 13.9. The zero-order chi connectivity index (χ0) is 13.9. The Kier molecular flexibility index (Phi) is 4.27. The fourth-order valence-corrected chi connectivity index (χ4v) is 3.76. The maximum atomic E-state index is 5.81. The zero-order valence-electron chi connectivity index (χ0n) is 12.5. The van der Waals surface area contributed by atoms with E-state index in [9.17, 15) is 0 Å². The van der Waals surface area contributed by atoms with Crippen molar-refractivity contribution in [3.8, 4) is 5.75 Å². The van der Waals surface area contributed by atoms with Gasteiger partial charge in [0.1, 0.15) is 5.75 Å². The minimum Gasteiger partial charge on any atom is -0.497 e. The van der Waals surface area contributed by atoms with Gasteiger partial charge in [0, 0.05) is 6.04 Å². The molecule has 1 aromatic rings. The fourth-order valence-electron chi connectivity index (χ4n) is 3.76. The number of fused-ring (bicyclic) bond motifs is 1. The molecule has 1 aromatic carbocycles. The van der Waals surface area contributed by atoms with E-state index in [1.165, 1.54) is 56.3 Å². The summed E-state index contributed by atoms with van der Waals surface area (Å²) in [5.74, 6) is 1.73. The van der Waals surface area contributed by atoms with Gasteiger partial charge in [-0.2, -0.15) is 0 Å². The molecule has 20 heavy (non-hydrogen) atoms. The molecule has 0 aromatic heterocycles. The van der Waals surface area contributed by atoms with Gasteiger partial charge in [0.2, 0.25) is 0 Å². The van der Waals surface area contributed by atoms with Crippen molar-refractivity contribution in [1.82, 2.24) is 4.90 Å². The SMILES string of the molecule is COc1ccc2c(c1)C(N1CCC(CN)CC1)CCC2. The van der Waals surface area contributed by atoms with Crippen molar-refractivity contribution in [2.45, 2.75) is 38.1 Å². The molecule has 1 fully saturated rings. The molecule has 1 heterocycles. The van der Waals surface area contributed by atoms with Crippen LogP contribution in [0.4, 0.5) is 0 Å². The Balaban J connectivity index is 1.79. The molecule has 1 saturated heterocycles. The summed E-state index contributed by atoms with van der Waals surface area (Å²) in [6.45, 7) is 3.25. The highest BCUT2D eigenvalue weighted by Gasteiger charge is 2.29. The van der Waals surface area contributed by atoms with Crippen molar-refractivity contribution < 1.29 is 4.74 Å². The second-order valence-corrected chi connectivity index (χ2v) is 6.19. The predicted molar refractivity (Wildman–Crippen MR) is 82.0 cm³/mol. The smallest absolute Gasteiger partial charge is 0.119 e. The van der Waals surface area contributed by atoms with Gasteiger partial charge in [-0.15, -0.1) is 0 Å². The van der Waals surface area contributed by atoms with Crippen LogP contribution in [-0.4, -0.2) is 31.6 Å². The van der Waals surface area contributed by atoms with E-state index in [1.807, 2.05) is 0 Å². The van der Waals surface area contributed by atoms with E-state index in [2.05, 4.69) is 23.1 Å². The van der Waals surface area contributed by atoms with Gasteiger partial charge >= 0.3 is 0 Å². The highest BCUT2D eigenvalue weighted by atomic mass is 16.5. The third kappa shape index (κ3) is 2.70. The maximum absolute atomic E-state index is 5.81. The average molecular weight is 274 g/mol. The van der Waals surface area contributed by atoms with Crippen molar-refractivity contribution in [3.63, 3.8) is 0 Å². The van der Waals surface area contributed by atoms with Gasteiger partial charge in [-0.1, -0.05) is 6.07 Å². The molecule has 2 N–H and O–H groups in total. The number of ether oxygens (including phenoxy) is 1. The number of aryl methyl sites for hydroxylation is 1. The molecule has 3 rings (SSSR count). The predicted octanol–water partition coefficient (Wildman–Crippen LogP) is 2.74. The van der Waals surface area contributed by atoms with Crippen LogP contribution in [0.1, 0.15) is 42.9 Å². The van der Waals surface area contributed by atoms with Crippen molar-refractivity contribution in [2.75, 3.05) is 26.7 Å². The van der Waals surface area contributed by atoms with Crippen LogP contribution in [-0.2, 0) is 6.42 Å². The van der Waals surface area contributed by atoms with Crippen LogP contribution >= 0.6 is 0 Å². The van der Waals surface area contributed by atoms with Crippen molar-refractivity contribution in [2.24, 2.45) is 11.7 Å². The Hall–Kier alpha value is -1.06. The first-order valence-electron chi connectivity index (χ1n) is 7.92. The minimum absolute atomic E-state index is 0.590. The third-order valence-electron chi connectivity index (χ3n) is 5.06. The van der Waals surface area contributed by atoms with E-state index >= 15 is 0 Å². The summed E-state index contributed by atoms with van der Waals surface area (Å²) >= 11 is 0. The monoisotopic (exact) mass is 274 g/mol. The lowest BCUT2D eigenvalue weighted by Gasteiger charge is -2.40. The van der Waals surface area contributed by atoms with Crippen molar-refractivity contribution in [3.05, 3.63) is 29.3 Å². The lowest BCUT2D eigenvalue weighted by Crippen LogP contribution is -2.39. The summed E-state index contributed by atoms with van der Waals surface area (Å²) in [5.41, 5.74) is 8.82. The summed E-state index contributed by atoms with van der Waals surface area (Å²) in [6.07, 6.45) is 6.32. The van der Waals surface area contributed by atoms with Crippen LogP contribution in [0.15, 0.2) is 18.2 Å². The van der Waals surface area contributed by atoms with Crippen LogP contribution in [0.25, 0.3) is 0 Å². The molecule has 1 atom stereocenters. The molecule has 2 aliphatic rings. The zero-order valence-corrected chi connectivity index (χ0v) is 12.5. The lowest BCUT2D eigenvalue weighted by atomic mass is 9.85. The maximum Gasteiger partial charge on any atom is 0.119 e. The molecule has 0 spiro atoms. The summed E-state index contributed by atoms with van der Waals surface area (Å²) < 4.78 is 5.42. The normalized spacial score (nSPS) is 24.4. The average Bonchev–Trinajstić information content (AvgIpc) is 2.54. The Bertz CT molecular complexity index is 452. The number of hydrogen-bond donors (Lipinski definition) is 1. The highest BCUT2D eigenvalue weighted by molar-refractivity contribution is 5.39. The number of methoxy groups -OCH3 is 1. The molecule has 0 radical (unpaired) electrons. The van der Waals surface area contributed by atoms with Gasteiger partial charge in [0.25, 0.3) is 0 Å². The molecule has 3 heteroatoms.